The van der Waals surface area contributed by atoms with Crippen LogP contribution in [0.1, 0.15) is 17.5 Å². The van der Waals surface area contributed by atoms with Gasteiger partial charge in [-0.15, -0.1) is 0 Å². The van der Waals surface area contributed by atoms with E-state index in [1.54, 1.807) is 0 Å². The van der Waals surface area contributed by atoms with E-state index in [0.717, 1.165) is 6.07 Å². The molecule has 2 rings (SSSR count). The summed E-state index contributed by atoms with van der Waals surface area (Å²) in [5.74, 6) is -2.94. The lowest BCUT2D eigenvalue weighted by Gasteiger charge is -2.10. The third-order valence-electron chi connectivity index (χ3n) is 2.47. The Morgan fingerprint density at radius 1 is 1.33 bits per heavy atom. The Labute approximate surface area is 90.3 Å². The van der Waals surface area contributed by atoms with E-state index in [-0.39, 0.29) is 23.3 Å². The van der Waals surface area contributed by atoms with Crippen molar-refractivity contribution >= 4 is 19.7 Å². The van der Waals surface area contributed by atoms with Gasteiger partial charge in [0.25, 0.3) is 15.0 Å². The molecule has 0 unspecified atom stereocenters. The fourth-order valence-corrected chi connectivity index (χ4v) is 2.47. The van der Waals surface area contributed by atoms with E-state index in [9.17, 15) is 17.2 Å². The maximum atomic E-state index is 13.3. The minimum Gasteiger partial charge on any atom is -0.207 e. The quantitative estimate of drug-likeness (QED) is 0.720. The van der Waals surface area contributed by atoms with Crippen LogP contribution in [0.2, 0.25) is 0 Å². The number of alkyl halides is 2. The highest BCUT2D eigenvalue weighted by Gasteiger charge is 2.39. The second-order valence-corrected chi connectivity index (χ2v) is 6.03. The number of fused-ring (bicyclic) bond motifs is 1. The van der Waals surface area contributed by atoms with E-state index in [4.69, 9.17) is 10.7 Å². The molecule has 0 saturated heterocycles. The van der Waals surface area contributed by atoms with Crippen LogP contribution in [-0.4, -0.2) is 8.42 Å². The van der Waals surface area contributed by atoms with Crippen molar-refractivity contribution in [1.29, 1.82) is 0 Å². The fraction of sp³-hybridized carbons (Fsp3) is 0.333. The van der Waals surface area contributed by atoms with Crippen LogP contribution in [0.4, 0.5) is 8.78 Å². The summed E-state index contributed by atoms with van der Waals surface area (Å²) < 4.78 is 48.5. The van der Waals surface area contributed by atoms with Gasteiger partial charge in [-0.05, 0) is 24.1 Å². The molecule has 1 aliphatic rings. The van der Waals surface area contributed by atoms with Gasteiger partial charge >= 0.3 is 0 Å². The van der Waals surface area contributed by atoms with E-state index in [2.05, 4.69) is 0 Å². The molecule has 0 spiro atoms. The Hall–Kier alpha value is -0.680. The Morgan fingerprint density at radius 3 is 2.60 bits per heavy atom. The van der Waals surface area contributed by atoms with Crippen molar-refractivity contribution in [1.82, 2.24) is 0 Å². The van der Waals surface area contributed by atoms with Gasteiger partial charge in [0.05, 0.1) is 4.90 Å². The molecule has 0 radical (unpaired) electrons. The van der Waals surface area contributed by atoms with Crippen LogP contribution < -0.4 is 0 Å². The van der Waals surface area contributed by atoms with E-state index in [0.29, 0.717) is 5.56 Å². The highest BCUT2D eigenvalue weighted by atomic mass is 35.7. The van der Waals surface area contributed by atoms with Gasteiger partial charge in [0.1, 0.15) is 0 Å². The zero-order valence-corrected chi connectivity index (χ0v) is 9.08. The van der Waals surface area contributed by atoms with Crippen molar-refractivity contribution in [2.24, 2.45) is 0 Å². The first kappa shape index (κ1) is 10.8. The van der Waals surface area contributed by atoms with E-state index >= 15 is 0 Å². The van der Waals surface area contributed by atoms with Gasteiger partial charge in [-0.25, -0.2) is 17.2 Å². The molecule has 1 aromatic rings. The Morgan fingerprint density at radius 2 is 2.00 bits per heavy atom. The van der Waals surface area contributed by atoms with Crippen LogP contribution in [-0.2, 0) is 21.4 Å². The zero-order valence-electron chi connectivity index (χ0n) is 7.50. The maximum absolute atomic E-state index is 13.3. The standard InChI is InChI=1S/C9H7ClF2O2S/c10-15(13,14)7-2-1-6-3-4-9(11,12)8(6)5-7/h1-2,5H,3-4H2. The first-order chi connectivity index (χ1) is 6.81. The summed E-state index contributed by atoms with van der Waals surface area (Å²) in [6.07, 6.45) is -0.000926. The van der Waals surface area contributed by atoms with E-state index < -0.39 is 15.0 Å². The van der Waals surface area contributed by atoms with Crippen LogP contribution >= 0.6 is 10.7 Å². The molecule has 0 amide bonds. The summed E-state index contributed by atoms with van der Waals surface area (Å²) >= 11 is 0. The second-order valence-electron chi connectivity index (χ2n) is 3.46. The van der Waals surface area contributed by atoms with E-state index in [1.807, 2.05) is 0 Å². The number of benzene rings is 1. The number of halogens is 3. The highest BCUT2D eigenvalue weighted by molar-refractivity contribution is 8.13. The Balaban J connectivity index is 2.61. The minimum atomic E-state index is -3.94. The highest BCUT2D eigenvalue weighted by Crippen LogP contribution is 2.42. The maximum Gasteiger partial charge on any atom is 0.273 e. The molecule has 6 heteroatoms. The van der Waals surface area contributed by atoms with Gasteiger partial charge in [-0.1, -0.05) is 6.07 Å². The van der Waals surface area contributed by atoms with Gasteiger partial charge in [-0.2, -0.15) is 0 Å². The molecular weight excluding hydrogens is 246 g/mol. The number of hydrogen-bond acceptors (Lipinski definition) is 2. The number of rotatable bonds is 1. The molecule has 0 aliphatic heterocycles. The van der Waals surface area contributed by atoms with Crippen LogP contribution in [0.15, 0.2) is 23.1 Å². The normalized spacial score (nSPS) is 18.9. The van der Waals surface area contributed by atoms with Crippen molar-refractivity contribution in [3.8, 4) is 0 Å². The first-order valence-electron chi connectivity index (χ1n) is 4.26. The molecule has 1 aromatic carbocycles. The second kappa shape index (κ2) is 3.15. The Kier molecular flexibility index (Phi) is 2.28. The topological polar surface area (TPSA) is 34.1 Å². The van der Waals surface area contributed by atoms with E-state index in [1.165, 1.54) is 12.1 Å². The van der Waals surface area contributed by atoms with Gasteiger partial charge in [0.15, 0.2) is 0 Å². The molecule has 0 bridgehead atoms. The van der Waals surface area contributed by atoms with Crippen LogP contribution in [0.5, 0.6) is 0 Å². The van der Waals surface area contributed by atoms with Gasteiger partial charge in [0, 0.05) is 22.7 Å². The molecular formula is C9H7ClF2O2S. The lowest BCUT2D eigenvalue weighted by atomic mass is 10.1. The molecule has 0 atom stereocenters. The van der Waals surface area contributed by atoms with Gasteiger partial charge in [0.2, 0.25) is 0 Å². The number of aryl methyl sites for hydroxylation is 1. The minimum absolute atomic E-state index is 0.218. The fourth-order valence-electron chi connectivity index (χ4n) is 1.69. The SMILES string of the molecule is O=S(=O)(Cl)c1ccc2c(c1)C(F)(F)CC2. The molecule has 0 heterocycles. The Bertz CT molecular complexity index is 511. The average Bonchev–Trinajstić information content (AvgIpc) is 2.41. The summed E-state index contributed by atoms with van der Waals surface area (Å²) in [5.41, 5.74) is 0.272. The molecule has 2 nitrogen and oxygen atoms in total. The van der Waals surface area contributed by atoms with Crippen molar-refractivity contribution in [3.63, 3.8) is 0 Å². The van der Waals surface area contributed by atoms with Crippen molar-refractivity contribution in [2.45, 2.75) is 23.7 Å². The molecule has 0 saturated carbocycles. The smallest absolute Gasteiger partial charge is 0.207 e. The zero-order chi connectivity index (χ0) is 11.3. The molecule has 0 aromatic heterocycles. The summed E-state index contributed by atoms with van der Waals surface area (Å²) in [5, 5.41) is 0. The summed E-state index contributed by atoms with van der Waals surface area (Å²) in [6.45, 7) is 0. The predicted molar refractivity (Wildman–Crippen MR) is 51.7 cm³/mol. The lowest BCUT2D eigenvalue weighted by molar-refractivity contribution is -0.00200. The van der Waals surface area contributed by atoms with Crippen LogP contribution in [0, 0.1) is 0 Å². The number of hydrogen-bond donors (Lipinski definition) is 0. The summed E-state index contributed by atoms with van der Waals surface area (Å²) in [4.78, 5) is -0.274. The molecule has 82 valence electrons. The van der Waals surface area contributed by atoms with Crippen molar-refractivity contribution in [2.75, 3.05) is 0 Å². The summed E-state index contributed by atoms with van der Waals surface area (Å²) in [7, 11) is 1.14. The van der Waals surface area contributed by atoms with Crippen LogP contribution in [0.25, 0.3) is 0 Å². The van der Waals surface area contributed by atoms with Gasteiger partial charge < -0.3 is 0 Å². The molecule has 0 fully saturated rings. The third kappa shape index (κ3) is 1.86. The molecule has 15 heavy (non-hydrogen) atoms. The first-order valence-corrected chi connectivity index (χ1v) is 6.57. The lowest BCUT2D eigenvalue weighted by Crippen LogP contribution is -2.08. The predicted octanol–water partition coefficient (Wildman–Crippen LogP) is 2.65. The monoisotopic (exact) mass is 252 g/mol. The van der Waals surface area contributed by atoms with Crippen molar-refractivity contribution < 1.29 is 17.2 Å². The largest absolute Gasteiger partial charge is 0.273 e. The van der Waals surface area contributed by atoms with Crippen LogP contribution in [0.3, 0.4) is 0 Å². The molecule has 0 N–H and O–H groups in total. The molecule has 1 aliphatic carbocycles. The average molecular weight is 253 g/mol. The summed E-state index contributed by atoms with van der Waals surface area (Å²) in [6, 6.07) is 3.61. The third-order valence-corrected chi connectivity index (χ3v) is 3.82. The van der Waals surface area contributed by atoms with Crippen molar-refractivity contribution in [3.05, 3.63) is 29.3 Å². The van der Waals surface area contributed by atoms with Gasteiger partial charge in [-0.3, -0.25) is 0 Å².